The Kier molecular flexibility index (Phi) is 6.57. The highest BCUT2D eigenvalue weighted by Gasteiger charge is 2.12. The number of ketones is 1. The summed E-state index contributed by atoms with van der Waals surface area (Å²) in [6.07, 6.45) is 3.39. The molecule has 0 unspecified atom stereocenters. The first-order chi connectivity index (χ1) is 11.5. The largest absolute Gasteiger partial charge is 0.293 e. The predicted molar refractivity (Wildman–Crippen MR) is 98.5 cm³/mol. The zero-order valence-corrected chi connectivity index (χ0v) is 15.2. The number of Topliss-reactive ketones (excluding diaryl/α,β-unsaturated/α-hetero) is 1. The predicted octanol–water partition coefficient (Wildman–Crippen LogP) is 4.89. The molecule has 0 bridgehead atoms. The quantitative estimate of drug-likeness (QED) is 0.533. The number of thioether (sulfide) groups is 1. The molecule has 0 saturated heterocycles. The average Bonchev–Trinajstić information content (AvgIpc) is 2.58. The highest BCUT2D eigenvalue weighted by atomic mass is 32.2. The van der Waals surface area contributed by atoms with Crippen LogP contribution in [0.5, 0.6) is 0 Å². The lowest BCUT2D eigenvalue weighted by atomic mass is 10.1. The van der Waals surface area contributed by atoms with Gasteiger partial charge < -0.3 is 0 Å². The molecule has 1 heterocycles. The van der Waals surface area contributed by atoms with Gasteiger partial charge in [-0.1, -0.05) is 49.4 Å². The third-order valence-electron chi connectivity index (χ3n) is 3.86. The number of nitrogens with zero attached hydrogens (tertiary/aromatic N) is 2. The summed E-state index contributed by atoms with van der Waals surface area (Å²) in [5.74, 6) is 0.352. The van der Waals surface area contributed by atoms with Crippen molar-refractivity contribution in [2.75, 3.05) is 5.75 Å². The van der Waals surface area contributed by atoms with Gasteiger partial charge in [0.05, 0.1) is 11.3 Å². The van der Waals surface area contributed by atoms with Crippen molar-refractivity contribution in [3.05, 3.63) is 58.3 Å². The minimum atomic E-state index is 0.0619. The van der Waals surface area contributed by atoms with Crippen molar-refractivity contribution in [3.63, 3.8) is 0 Å². The number of benzene rings is 1. The zero-order chi connectivity index (χ0) is 17.5. The molecule has 124 valence electrons. The summed E-state index contributed by atoms with van der Waals surface area (Å²) < 4.78 is 0. The smallest absolute Gasteiger partial charge is 0.173 e. The standard InChI is InChI=1S/C20H22N2OS/c1-4-5-6-16-7-9-17(10-8-16)19(23)13-24-20-18(12-21)14(2)11-15(3)22-20/h7-11H,4-6,13H2,1-3H3. The van der Waals surface area contributed by atoms with Crippen LogP contribution in [0.2, 0.25) is 0 Å². The molecule has 0 atom stereocenters. The summed E-state index contributed by atoms with van der Waals surface area (Å²) in [7, 11) is 0. The van der Waals surface area contributed by atoms with E-state index < -0.39 is 0 Å². The Bertz CT molecular complexity index is 760. The Morgan fingerprint density at radius 3 is 2.58 bits per heavy atom. The first kappa shape index (κ1) is 18.2. The molecule has 0 aliphatic heterocycles. The van der Waals surface area contributed by atoms with Crippen molar-refractivity contribution in [2.45, 2.75) is 45.1 Å². The summed E-state index contributed by atoms with van der Waals surface area (Å²) >= 11 is 1.34. The first-order valence-electron chi connectivity index (χ1n) is 8.18. The fourth-order valence-electron chi connectivity index (χ4n) is 2.50. The third kappa shape index (κ3) is 4.69. The fourth-order valence-corrected chi connectivity index (χ4v) is 3.49. The number of rotatable bonds is 7. The molecule has 3 nitrogen and oxygen atoms in total. The van der Waals surface area contributed by atoms with E-state index in [0.717, 1.165) is 17.7 Å². The second kappa shape index (κ2) is 8.65. The second-order valence-corrected chi connectivity index (χ2v) is 6.85. The molecule has 0 saturated carbocycles. The number of hydrogen-bond acceptors (Lipinski definition) is 4. The maximum Gasteiger partial charge on any atom is 0.173 e. The number of carbonyl (C=O) groups excluding carboxylic acids is 1. The van der Waals surface area contributed by atoms with Gasteiger partial charge in [0, 0.05) is 11.3 Å². The molecular weight excluding hydrogens is 316 g/mol. The topological polar surface area (TPSA) is 53.8 Å². The zero-order valence-electron chi connectivity index (χ0n) is 14.4. The van der Waals surface area contributed by atoms with Gasteiger partial charge in [-0.05, 0) is 43.9 Å². The van der Waals surface area contributed by atoms with Crippen LogP contribution in [-0.2, 0) is 6.42 Å². The van der Waals surface area contributed by atoms with Crippen LogP contribution in [0.25, 0.3) is 0 Å². The molecule has 0 radical (unpaired) electrons. The van der Waals surface area contributed by atoms with E-state index in [2.05, 4.69) is 18.0 Å². The van der Waals surface area contributed by atoms with E-state index in [1.54, 1.807) is 0 Å². The lowest BCUT2D eigenvalue weighted by Gasteiger charge is -2.07. The number of nitriles is 1. The normalized spacial score (nSPS) is 10.4. The van der Waals surface area contributed by atoms with E-state index >= 15 is 0 Å². The second-order valence-electron chi connectivity index (χ2n) is 5.88. The van der Waals surface area contributed by atoms with E-state index in [-0.39, 0.29) is 5.78 Å². The van der Waals surface area contributed by atoms with Crippen LogP contribution in [0.3, 0.4) is 0 Å². The molecule has 0 aliphatic rings. The average molecular weight is 338 g/mol. The van der Waals surface area contributed by atoms with Crippen molar-refractivity contribution in [1.29, 1.82) is 5.26 Å². The van der Waals surface area contributed by atoms with Crippen LogP contribution in [0.15, 0.2) is 35.4 Å². The van der Waals surface area contributed by atoms with E-state index in [4.69, 9.17) is 0 Å². The molecule has 24 heavy (non-hydrogen) atoms. The molecule has 4 heteroatoms. The minimum Gasteiger partial charge on any atom is -0.293 e. The Morgan fingerprint density at radius 2 is 1.96 bits per heavy atom. The van der Waals surface area contributed by atoms with Crippen LogP contribution >= 0.6 is 11.8 Å². The van der Waals surface area contributed by atoms with Crippen LogP contribution in [-0.4, -0.2) is 16.5 Å². The maximum absolute atomic E-state index is 12.4. The molecule has 0 aliphatic carbocycles. The van der Waals surface area contributed by atoms with Crippen LogP contribution < -0.4 is 0 Å². The van der Waals surface area contributed by atoms with E-state index in [0.29, 0.717) is 21.9 Å². The molecule has 0 spiro atoms. The molecule has 0 fully saturated rings. The van der Waals surface area contributed by atoms with Gasteiger partial charge in [-0.2, -0.15) is 5.26 Å². The van der Waals surface area contributed by atoms with Crippen molar-refractivity contribution < 1.29 is 4.79 Å². The van der Waals surface area contributed by atoms with Crippen molar-refractivity contribution in [3.8, 4) is 6.07 Å². The van der Waals surface area contributed by atoms with Gasteiger partial charge >= 0.3 is 0 Å². The molecule has 0 N–H and O–H groups in total. The van der Waals surface area contributed by atoms with Gasteiger partial charge in [0.25, 0.3) is 0 Å². The van der Waals surface area contributed by atoms with Crippen LogP contribution in [0, 0.1) is 25.2 Å². The Morgan fingerprint density at radius 1 is 1.25 bits per heavy atom. The van der Waals surface area contributed by atoms with Gasteiger partial charge in [0.1, 0.15) is 11.1 Å². The lowest BCUT2D eigenvalue weighted by Crippen LogP contribution is -2.04. The Labute approximate surface area is 148 Å². The van der Waals surface area contributed by atoms with E-state index in [1.807, 2.05) is 44.2 Å². The summed E-state index contributed by atoms with van der Waals surface area (Å²) in [5.41, 5.74) is 4.31. The maximum atomic E-state index is 12.4. The van der Waals surface area contributed by atoms with E-state index in [9.17, 15) is 10.1 Å². The lowest BCUT2D eigenvalue weighted by molar-refractivity contribution is 0.102. The van der Waals surface area contributed by atoms with Gasteiger partial charge in [-0.15, -0.1) is 0 Å². The Hall–Kier alpha value is -2.12. The summed E-state index contributed by atoms with van der Waals surface area (Å²) in [6.45, 7) is 5.97. The number of aryl methyl sites for hydroxylation is 3. The number of carbonyl (C=O) groups is 1. The molecule has 0 amide bonds. The van der Waals surface area contributed by atoms with Gasteiger partial charge in [-0.3, -0.25) is 4.79 Å². The monoisotopic (exact) mass is 338 g/mol. The molecule has 2 aromatic rings. The molecule has 1 aromatic heterocycles. The number of hydrogen-bond donors (Lipinski definition) is 0. The van der Waals surface area contributed by atoms with Gasteiger partial charge in [0.2, 0.25) is 0 Å². The van der Waals surface area contributed by atoms with Gasteiger partial charge in [-0.25, -0.2) is 4.98 Å². The fraction of sp³-hybridized carbons (Fsp3) is 0.350. The first-order valence-corrected chi connectivity index (χ1v) is 9.17. The number of aromatic nitrogens is 1. The highest BCUT2D eigenvalue weighted by Crippen LogP contribution is 2.24. The number of pyridine rings is 1. The highest BCUT2D eigenvalue weighted by molar-refractivity contribution is 8.00. The molecular formula is C20H22N2OS. The molecule has 2 rings (SSSR count). The van der Waals surface area contributed by atoms with Gasteiger partial charge in [0.15, 0.2) is 5.78 Å². The summed E-state index contributed by atoms with van der Waals surface area (Å²) in [4.78, 5) is 16.8. The minimum absolute atomic E-state index is 0.0619. The number of unbranched alkanes of at least 4 members (excludes halogenated alkanes) is 1. The van der Waals surface area contributed by atoms with Crippen molar-refractivity contribution >= 4 is 17.5 Å². The SMILES string of the molecule is CCCCc1ccc(C(=O)CSc2nc(C)cc(C)c2C#N)cc1. The summed E-state index contributed by atoms with van der Waals surface area (Å²) in [6, 6.07) is 11.9. The van der Waals surface area contributed by atoms with Crippen LogP contribution in [0.1, 0.15) is 52.5 Å². The summed E-state index contributed by atoms with van der Waals surface area (Å²) in [5, 5.41) is 9.93. The van der Waals surface area contributed by atoms with E-state index in [1.165, 1.54) is 30.2 Å². The molecule has 1 aromatic carbocycles. The third-order valence-corrected chi connectivity index (χ3v) is 4.83. The van der Waals surface area contributed by atoms with Crippen molar-refractivity contribution in [1.82, 2.24) is 4.98 Å². The van der Waals surface area contributed by atoms with Crippen molar-refractivity contribution in [2.24, 2.45) is 0 Å². The Balaban J connectivity index is 2.05. The van der Waals surface area contributed by atoms with Crippen LogP contribution in [0.4, 0.5) is 0 Å².